The molecule has 0 bridgehead atoms. The number of hydrogen-bond acceptors (Lipinski definition) is 5. The van der Waals surface area contributed by atoms with E-state index in [1.54, 1.807) is 42.3 Å². The van der Waals surface area contributed by atoms with Crippen molar-refractivity contribution in [1.82, 2.24) is 15.2 Å². The Hall–Kier alpha value is -3.74. The summed E-state index contributed by atoms with van der Waals surface area (Å²) in [5, 5.41) is 8.64. The second kappa shape index (κ2) is 7.59. The van der Waals surface area contributed by atoms with E-state index in [1.165, 1.54) is 0 Å². The van der Waals surface area contributed by atoms with Crippen molar-refractivity contribution in [1.29, 1.82) is 0 Å². The van der Waals surface area contributed by atoms with Gasteiger partial charge in [-0.15, -0.1) is 0 Å². The first-order valence-electron chi connectivity index (χ1n) is 9.60. The maximum Gasteiger partial charge on any atom is 0.271 e. The highest BCUT2D eigenvalue weighted by Crippen LogP contribution is 2.34. The number of ketones is 1. The number of ether oxygens (including phenoxy) is 1. The van der Waals surface area contributed by atoms with Crippen molar-refractivity contribution >= 4 is 17.4 Å². The molecule has 1 heterocycles. The van der Waals surface area contributed by atoms with Gasteiger partial charge in [0, 0.05) is 17.4 Å². The zero-order chi connectivity index (χ0) is 21.3. The van der Waals surface area contributed by atoms with Gasteiger partial charge < -0.3 is 4.74 Å². The topological polar surface area (TPSA) is 85.6 Å². The average molecular weight is 402 g/mol. The van der Waals surface area contributed by atoms with Gasteiger partial charge in [0.25, 0.3) is 5.91 Å². The number of hydrazone groups is 1. The molecular formula is C23H22N4O3. The van der Waals surface area contributed by atoms with Gasteiger partial charge in [-0.3, -0.25) is 9.59 Å². The highest BCUT2D eigenvalue weighted by Gasteiger charge is 2.40. The summed E-state index contributed by atoms with van der Waals surface area (Å²) in [5.41, 5.74) is 4.95. The van der Waals surface area contributed by atoms with Crippen molar-refractivity contribution in [3.63, 3.8) is 0 Å². The normalized spacial score (nSPS) is 16.2. The fraction of sp³-hybridized carbons (Fsp3) is 0.217. The Morgan fingerprint density at radius 2 is 1.83 bits per heavy atom. The van der Waals surface area contributed by atoms with Gasteiger partial charge >= 0.3 is 0 Å². The SMILES string of the molecule is COc1ccc(C(=O)NN=C2C(=O)c3cnn(-c4ccccc4)c3CC2(C)C)cc1. The lowest BCUT2D eigenvalue weighted by molar-refractivity contribution is 0.0954. The van der Waals surface area contributed by atoms with Crippen molar-refractivity contribution in [2.24, 2.45) is 10.5 Å². The number of carbonyl (C=O) groups is 2. The Bertz CT molecular complexity index is 1130. The van der Waals surface area contributed by atoms with Gasteiger partial charge in [0.15, 0.2) is 0 Å². The maximum absolute atomic E-state index is 13.2. The molecule has 1 aliphatic carbocycles. The molecule has 0 atom stereocenters. The van der Waals surface area contributed by atoms with Crippen LogP contribution in [0.1, 0.15) is 40.3 Å². The Morgan fingerprint density at radius 3 is 2.50 bits per heavy atom. The van der Waals surface area contributed by atoms with Crippen LogP contribution in [0, 0.1) is 5.41 Å². The molecule has 30 heavy (non-hydrogen) atoms. The molecule has 7 heteroatoms. The second-order valence-electron chi connectivity index (χ2n) is 7.77. The van der Waals surface area contributed by atoms with E-state index in [0.29, 0.717) is 29.0 Å². The Labute approximate surface area is 174 Å². The van der Waals surface area contributed by atoms with E-state index in [4.69, 9.17) is 4.74 Å². The number of aromatic nitrogens is 2. The van der Waals surface area contributed by atoms with E-state index >= 15 is 0 Å². The first kappa shape index (κ1) is 19.6. The predicted octanol–water partition coefficient (Wildman–Crippen LogP) is 3.43. The van der Waals surface area contributed by atoms with E-state index in [0.717, 1.165) is 11.4 Å². The maximum atomic E-state index is 13.2. The lowest BCUT2D eigenvalue weighted by Crippen LogP contribution is -2.40. The lowest BCUT2D eigenvalue weighted by Gasteiger charge is -2.30. The number of para-hydroxylation sites is 1. The number of Topliss-reactive ketones (excluding diaryl/α,β-unsaturated/α-hetero) is 1. The van der Waals surface area contributed by atoms with Crippen LogP contribution in [0.5, 0.6) is 5.75 Å². The van der Waals surface area contributed by atoms with Crippen molar-refractivity contribution in [2.45, 2.75) is 20.3 Å². The number of benzene rings is 2. The average Bonchev–Trinajstić information content (AvgIpc) is 3.17. The molecule has 0 saturated heterocycles. The van der Waals surface area contributed by atoms with Gasteiger partial charge in [-0.1, -0.05) is 32.0 Å². The monoisotopic (exact) mass is 402 g/mol. The first-order chi connectivity index (χ1) is 14.4. The highest BCUT2D eigenvalue weighted by molar-refractivity contribution is 6.48. The number of nitrogens with zero attached hydrogens (tertiary/aromatic N) is 3. The smallest absolute Gasteiger partial charge is 0.271 e. The van der Waals surface area contributed by atoms with E-state index in [-0.39, 0.29) is 11.7 Å². The standard InChI is InChI=1S/C23H22N4O3/c1-23(2)13-19-18(14-24-27(19)16-7-5-4-6-8-16)20(28)21(23)25-26-22(29)15-9-11-17(30-3)12-10-15/h4-12,14H,13H2,1-3H3,(H,26,29). The molecule has 0 unspecified atom stereocenters. The summed E-state index contributed by atoms with van der Waals surface area (Å²) in [6.45, 7) is 3.88. The van der Waals surface area contributed by atoms with E-state index in [1.807, 2.05) is 44.2 Å². The molecule has 7 nitrogen and oxygen atoms in total. The number of hydrogen-bond donors (Lipinski definition) is 1. The summed E-state index contributed by atoms with van der Waals surface area (Å²) in [6, 6.07) is 16.4. The fourth-order valence-corrected chi connectivity index (χ4v) is 3.58. The van der Waals surface area contributed by atoms with Gasteiger partial charge in [0.1, 0.15) is 11.5 Å². The number of nitrogens with one attached hydrogen (secondary N) is 1. The Kier molecular flexibility index (Phi) is 4.95. The number of methoxy groups -OCH3 is 1. The molecule has 0 fully saturated rings. The summed E-state index contributed by atoms with van der Waals surface area (Å²) in [4.78, 5) is 25.6. The molecule has 1 amide bonds. The molecule has 152 valence electrons. The van der Waals surface area contributed by atoms with Crippen molar-refractivity contribution < 1.29 is 14.3 Å². The molecule has 0 spiro atoms. The summed E-state index contributed by atoms with van der Waals surface area (Å²) in [5.74, 6) is 0.0439. The first-order valence-corrected chi connectivity index (χ1v) is 9.60. The largest absolute Gasteiger partial charge is 0.497 e. The zero-order valence-electron chi connectivity index (χ0n) is 17.0. The quantitative estimate of drug-likeness (QED) is 0.678. The van der Waals surface area contributed by atoms with Crippen LogP contribution in [0.15, 0.2) is 65.9 Å². The molecule has 1 aromatic heterocycles. The van der Waals surface area contributed by atoms with Gasteiger partial charge in [-0.05, 0) is 36.4 Å². The van der Waals surface area contributed by atoms with Crippen LogP contribution in [0.2, 0.25) is 0 Å². The Morgan fingerprint density at radius 1 is 1.13 bits per heavy atom. The molecule has 4 rings (SSSR count). The second-order valence-corrected chi connectivity index (χ2v) is 7.77. The van der Waals surface area contributed by atoms with Crippen LogP contribution in [0.25, 0.3) is 5.69 Å². The third-order valence-corrected chi connectivity index (χ3v) is 5.20. The van der Waals surface area contributed by atoms with Gasteiger partial charge in [0.05, 0.1) is 30.3 Å². The summed E-state index contributed by atoms with van der Waals surface area (Å²) in [7, 11) is 1.56. The molecule has 0 aliphatic heterocycles. The van der Waals surface area contributed by atoms with Gasteiger partial charge in [-0.2, -0.15) is 10.2 Å². The predicted molar refractivity (Wildman–Crippen MR) is 113 cm³/mol. The minimum absolute atomic E-state index is 0.224. The molecule has 0 radical (unpaired) electrons. The van der Waals surface area contributed by atoms with Crippen LogP contribution in [0.4, 0.5) is 0 Å². The number of rotatable bonds is 4. The minimum Gasteiger partial charge on any atom is -0.497 e. The van der Waals surface area contributed by atoms with Crippen LogP contribution in [0.3, 0.4) is 0 Å². The van der Waals surface area contributed by atoms with Gasteiger partial charge in [-0.25, -0.2) is 10.1 Å². The summed E-state index contributed by atoms with van der Waals surface area (Å²) in [6.07, 6.45) is 2.14. The Balaban J connectivity index is 1.61. The van der Waals surface area contributed by atoms with Crippen LogP contribution in [-0.4, -0.2) is 34.3 Å². The number of fused-ring (bicyclic) bond motifs is 1. The van der Waals surface area contributed by atoms with Crippen LogP contribution in [-0.2, 0) is 6.42 Å². The summed E-state index contributed by atoms with van der Waals surface area (Å²) >= 11 is 0. The fourth-order valence-electron chi connectivity index (χ4n) is 3.58. The molecule has 1 aliphatic rings. The highest BCUT2D eigenvalue weighted by atomic mass is 16.5. The molecule has 0 saturated carbocycles. The van der Waals surface area contributed by atoms with E-state index in [9.17, 15) is 9.59 Å². The third-order valence-electron chi connectivity index (χ3n) is 5.20. The minimum atomic E-state index is -0.566. The molecule has 2 aromatic carbocycles. The number of carbonyl (C=O) groups excluding carboxylic acids is 2. The van der Waals surface area contributed by atoms with Crippen LogP contribution >= 0.6 is 0 Å². The lowest BCUT2D eigenvalue weighted by atomic mass is 9.74. The van der Waals surface area contributed by atoms with E-state index in [2.05, 4.69) is 15.6 Å². The van der Waals surface area contributed by atoms with Gasteiger partial charge in [0.2, 0.25) is 5.78 Å². The molecule has 3 aromatic rings. The zero-order valence-corrected chi connectivity index (χ0v) is 17.0. The summed E-state index contributed by atoms with van der Waals surface area (Å²) < 4.78 is 6.89. The van der Waals surface area contributed by atoms with Crippen molar-refractivity contribution in [3.05, 3.63) is 77.6 Å². The van der Waals surface area contributed by atoms with Crippen molar-refractivity contribution in [2.75, 3.05) is 7.11 Å². The van der Waals surface area contributed by atoms with E-state index < -0.39 is 5.41 Å². The number of amides is 1. The van der Waals surface area contributed by atoms with Crippen molar-refractivity contribution in [3.8, 4) is 11.4 Å². The molecule has 1 N–H and O–H groups in total. The third kappa shape index (κ3) is 3.50. The van der Waals surface area contributed by atoms with Crippen LogP contribution < -0.4 is 10.2 Å². The molecular weight excluding hydrogens is 380 g/mol.